The van der Waals surface area contributed by atoms with E-state index in [2.05, 4.69) is 143 Å². The number of unbranched alkanes of at least 4 members (excludes halogenated alkanes) is 6. The summed E-state index contributed by atoms with van der Waals surface area (Å²) in [6.45, 7) is 24.3. The maximum absolute atomic E-state index is 11.9. The van der Waals surface area contributed by atoms with E-state index in [1.807, 2.05) is 12.4 Å². The van der Waals surface area contributed by atoms with Gasteiger partial charge in [-0.2, -0.15) is 0 Å². The highest BCUT2D eigenvalue weighted by Crippen LogP contribution is 2.55. The Morgan fingerprint density at radius 1 is 0.557 bits per heavy atom. The van der Waals surface area contributed by atoms with Crippen LogP contribution in [0.2, 0.25) is 0 Å². The zero-order chi connectivity index (χ0) is 44.2. The van der Waals surface area contributed by atoms with Gasteiger partial charge < -0.3 is 10.2 Å². The summed E-state index contributed by atoms with van der Waals surface area (Å²) in [7, 11) is 0. The van der Waals surface area contributed by atoms with Gasteiger partial charge in [0.2, 0.25) is 0 Å². The van der Waals surface area contributed by atoms with Gasteiger partial charge in [-0.05, 0) is 105 Å². The molecule has 0 amide bonds. The Bertz CT molecular complexity index is 2170. The van der Waals surface area contributed by atoms with Crippen LogP contribution in [0.5, 0.6) is 11.5 Å². The van der Waals surface area contributed by atoms with E-state index >= 15 is 0 Å². The SMILES string of the molecule is CCCCCCC1(CCCCCC)c2ccccc2-c2ccc(-c3cc(C=N[C@@H]4CCCC[C@H]4N=Cc4cc(C(C)(C)C)cc(C(C)(C)C)c4O)c(O)c(C(C)(C)C)c3)cc21. The van der Waals surface area contributed by atoms with Crippen LogP contribution in [0, 0.1) is 0 Å². The van der Waals surface area contributed by atoms with Crippen LogP contribution >= 0.6 is 0 Å². The average Bonchev–Trinajstić information content (AvgIpc) is 3.48. The van der Waals surface area contributed by atoms with Gasteiger partial charge in [0.25, 0.3) is 0 Å². The molecule has 0 radical (unpaired) electrons. The van der Waals surface area contributed by atoms with E-state index in [1.54, 1.807) is 0 Å². The Labute approximate surface area is 370 Å². The van der Waals surface area contributed by atoms with Gasteiger partial charge in [0.05, 0.1) is 12.1 Å². The lowest BCUT2D eigenvalue weighted by Crippen LogP contribution is -2.27. The third kappa shape index (κ3) is 10.4. The molecule has 2 N–H and O–H groups in total. The molecule has 0 unspecified atom stereocenters. The largest absolute Gasteiger partial charge is 0.507 e. The Balaban J connectivity index is 1.38. The van der Waals surface area contributed by atoms with Gasteiger partial charge in [0.1, 0.15) is 11.5 Å². The van der Waals surface area contributed by atoms with Gasteiger partial charge >= 0.3 is 0 Å². The smallest absolute Gasteiger partial charge is 0.128 e. The molecule has 0 aliphatic heterocycles. The fraction of sp³-hybridized carbons (Fsp3) is 0.544. The molecule has 1 saturated carbocycles. The van der Waals surface area contributed by atoms with Crippen LogP contribution in [0.3, 0.4) is 0 Å². The summed E-state index contributed by atoms with van der Waals surface area (Å²) in [6, 6.07) is 25.0. The predicted octanol–water partition coefficient (Wildman–Crippen LogP) is 15.7. The van der Waals surface area contributed by atoms with E-state index < -0.39 is 0 Å². The highest BCUT2D eigenvalue weighted by Gasteiger charge is 2.42. The molecule has 2 aliphatic rings. The molecule has 4 nitrogen and oxygen atoms in total. The second-order valence-electron chi connectivity index (χ2n) is 21.7. The number of aromatic hydroxyl groups is 2. The van der Waals surface area contributed by atoms with Crippen molar-refractivity contribution < 1.29 is 10.2 Å². The van der Waals surface area contributed by atoms with E-state index in [9.17, 15) is 10.2 Å². The molecule has 4 aromatic carbocycles. The van der Waals surface area contributed by atoms with Crippen molar-refractivity contribution in [2.24, 2.45) is 9.98 Å². The molecule has 6 rings (SSSR count). The number of aliphatic imine (C=N–C) groups is 2. The molecule has 0 saturated heterocycles. The number of nitrogens with zero attached hydrogens (tertiary/aromatic N) is 2. The van der Waals surface area contributed by atoms with Gasteiger partial charge in [-0.3, -0.25) is 9.98 Å². The van der Waals surface area contributed by atoms with Crippen molar-refractivity contribution in [2.75, 3.05) is 0 Å². The lowest BCUT2D eigenvalue weighted by molar-refractivity contribution is 0.390. The zero-order valence-electron chi connectivity index (χ0n) is 39.8. The summed E-state index contributed by atoms with van der Waals surface area (Å²) in [6.07, 6.45) is 20.4. The standard InChI is InChI=1S/C57H78N2O2/c1-12-14-16-22-30-57(31-23-17-15-13-2)46-25-19-18-24-44(46)45-29-28-39(34-47(45)57)40-32-41(52(60)48(35-40)55(6,7)8)37-58-50-26-20-21-27-51(50)59-38-42-33-43(54(3,4)5)36-49(53(42)61)56(9,10)11/h18-19,24-25,28-29,32-38,50-51,60-61H,12-17,20-23,26-27,30-31H2,1-11H3/t50-,51-/m1/s1. The van der Waals surface area contributed by atoms with Crippen molar-refractivity contribution >= 4 is 12.4 Å². The second kappa shape index (κ2) is 19.1. The van der Waals surface area contributed by atoms with E-state index in [1.165, 1.54) is 97.6 Å². The number of fused-ring (bicyclic) bond motifs is 3. The van der Waals surface area contributed by atoms with E-state index in [-0.39, 0.29) is 33.7 Å². The molecule has 2 aliphatic carbocycles. The van der Waals surface area contributed by atoms with Crippen molar-refractivity contribution in [2.45, 2.75) is 200 Å². The molecule has 0 spiro atoms. The first-order valence-corrected chi connectivity index (χ1v) is 24.0. The van der Waals surface area contributed by atoms with Crippen LogP contribution in [0.4, 0.5) is 0 Å². The maximum atomic E-state index is 11.9. The minimum atomic E-state index is -0.273. The Morgan fingerprint density at radius 3 is 1.62 bits per heavy atom. The molecule has 4 heteroatoms. The van der Waals surface area contributed by atoms with Crippen molar-refractivity contribution in [1.29, 1.82) is 0 Å². The third-order valence-electron chi connectivity index (χ3n) is 13.8. The summed E-state index contributed by atoms with van der Waals surface area (Å²) in [5.41, 5.74) is 12.2. The van der Waals surface area contributed by atoms with E-state index in [0.29, 0.717) is 11.5 Å². The summed E-state index contributed by atoms with van der Waals surface area (Å²) >= 11 is 0. The summed E-state index contributed by atoms with van der Waals surface area (Å²) in [5.74, 6) is 0.626. The normalized spacial score (nSPS) is 18.0. The van der Waals surface area contributed by atoms with Crippen LogP contribution < -0.4 is 0 Å². The number of hydrogen-bond acceptors (Lipinski definition) is 4. The van der Waals surface area contributed by atoms with Gasteiger partial charge in [-0.15, -0.1) is 0 Å². The minimum absolute atomic E-state index is 0.00527. The first-order valence-electron chi connectivity index (χ1n) is 24.0. The highest BCUT2D eigenvalue weighted by atomic mass is 16.3. The van der Waals surface area contributed by atoms with E-state index in [0.717, 1.165) is 53.5 Å². The minimum Gasteiger partial charge on any atom is -0.507 e. The molecule has 61 heavy (non-hydrogen) atoms. The van der Waals surface area contributed by atoms with Crippen molar-refractivity contribution in [3.63, 3.8) is 0 Å². The number of rotatable bonds is 15. The Kier molecular flexibility index (Phi) is 14.5. The number of phenols is 2. The van der Waals surface area contributed by atoms with Crippen molar-refractivity contribution in [3.05, 3.63) is 106 Å². The van der Waals surface area contributed by atoms with Crippen LogP contribution in [0.1, 0.15) is 205 Å². The predicted molar refractivity (Wildman–Crippen MR) is 263 cm³/mol. The van der Waals surface area contributed by atoms with Gasteiger partial charge in [0.15, 0.2) is 0 Å². The van der Waals surface area contributed by atoms with Crippen LogP contribution in [-0.4, -0.2) is 34.7 Å². The van der Waals surface area contributed by atoms with Crippen molar-refractivity contribution in [3.8, 4) is 33.8 Å². The van der Waals surface area contributed by atoms with Crippen LogP contribution in [0.25, 0.3) is 22.3 Å². The number of phenolic OH excluding ortho intramolecular Hbond substituents is 2. The summed E-state index contributed by atoms with van der Waals surface area (Å²) in [5, 5.41) is 23.4. The maximum Gasteiger partial charge on any atom is 0.128 e. The first-order chi connectivity index (χ1) is 28.9. The van der Waals surface area contributed by atoms with Crippen LogP contribution in [-0.2, 0) is 21.7 Å². The van der Waals surface area contributed by atoms with Gasteiger partial charge in [0, 0.05) is 40.1 Å². The lowest BCUT2D eigenvalue weighted by Gasteiger charge is -2.33. The monoisotopic (exact) mass is 823 g/mol. The fourth-order valence-electron chi connectivity index (χ4n) is 10.1. The lowest BCUT2D eigenvalue weighted by atomic mass is 9.70. The molecular weight excluding hydrogens is 745 g/mol. The zero-order valence-corrected chi connectivity index (χ0v) is 39.8. The third-order valence-corrected chi connectivity index (χ3v) is 13.8. The second-order valence-corrected chi connectivity index (χ2v) is 21.7. The number of hydrogen-bond donors (Lipinski definition) is 2. The van der Waals surface area contributed by atoms with Crippen molar-refractivity contribution in [1.82, 2.24) is 0 Å². The first kappa shape index (κ1) is 46.3. The molecule has 0 aromatic heterocycles. The topological polar surface area (TPSA) is 65.2 Å². The van der Waals surface area contributed by atoms with Gasteiger partial charge in [-0.25, -0.2) is 0 Å². The fourth-order valence-corrected chi connectivity index (χ4v) is 10.1. The highest BCUT2D eigenvalue weighted by molar-refractivity contribution is 5.89. The summed E-state index contributed by atoms with van der Waals surface area (Å²) in [4.78, 5) is 10.4. The quantitative estimate of drug-likeness (QED) is 0.0926. The molecule has 2 atom stereocenters. The molecular formula is C57H78N2O2. The molecule has 1 fully saturated rings. The molecule has 4 aromatic rings. The van der Waals surface area contributed by atoms with E-state index in [4.69, 9.17) is 9.98 Å². The Morgan fingerprint density at radius 2 is 1.08 bits per heavy atom. The van der Waals surface area contributed by atoms with Crippen LogP contribution in [0.15, 0.2) is 76.7 Å². The molecule has 0 bridgehead atoms. The Hall–Kier alpha value is -4.18. The average molecular weight is 823 g/mol. The molecule has 0 heterocycles. The summed E-state index contributed by atoms with van der Waals surface area (Å²) < 4.78 is 0. The van der Waals surface area contributed by atoms with Gasteiger partial charge in [-0.1, -0.05) is 183 Å². The number of benzene rings is 4. The molecule has 328 valence electrons.